The lowest BCUT2D eigenvalue weighted by Crippen LogP contribution is -2.27. The maximum absolute atomic E-state index is 11.9. The lowest BCUT2D eigenvalue weighted by molar-refractivity contribution is -0.154. The van der Waals surface area contributed by atoms with E-state index in [1.54, 1.807) is 30.4 Å². The summed E-state index contributed by atoms with van der Waals surface area (Å²) in [6, 6.07) is 14.4. The highest BCUT2D eigenvalue weighted by Gasteiger charge is 2.14. The van der Waals surface area contributed by atoms with Crippen molar-refractivity contribution in [3.63, 3.8) is 0 Å². The molecule has 158 valence electrons. The van der Waals surface area contributed by atoms with Gasteiger partial charge < -0.3 is 24.1 Å². The third-order valence-electron chi connectivity index (χ3n) is 3.93. The van der Waals surface area contributed by atoms with Crippen molar-refractivity contribution in [3.05, 3.63) is 71.8 Å². The fraction of sp³-hybridized carbons (Fsp3) is 0.217. The van der Waals surface area contributed by atoms with Gasteiger partial charge in [0.25, 0.3) is 0 Å². The van der Waals surface area contributed by atoms with Crippen molar-refractivity contribution in [2.24, 2.45) is 0 Å². The van der Waals surface area contributed by atoms with Crippen LogP contribution in [-0.4, -0.2) is 50.6 Å². The first kappa shape index (κ1) is 22.7. The molecule has 0 amide bonds. The van der Waals surface area contributed by atoms with Gasteiger partial charge in [0.05, 0.1) is 20.8 Å². The molecule has 0 spiro atoms. The van der Waals surface area contributed by atoms with E-state index in [0.717, 1.165) is 5.56 Å². The molecule has 0 saturated heterocycles. The predicted molar refractivity (Wildman–Crippen MR) is 112 cm³/mol. The number of ether oxygens (including phenoxy) is 4. The highest BCUT2D eigenvalue weighted by Crippen LogP contribution is 2.27. The number of benzene rings is 2. The van der Waals surface area contributed by atoms with Gasteiger partial charge in [0.2, 0.25) is 0 Å². The summed E-state index contributed by atoms with van der Waals surface area (Å²) in [7, 11) is 3.05. The highest BCUT2D eigenvalue weighted by molar-refractivity contribution is 5.88. The summed E-state index contributed by atoms with van der Waals surface area (Å²) >= 11 is 0. The molecule has 0 aliphatic carbocycles. The van der Waals surface area contributed by atoms with Gasteiger partial charge in [-0.2, -0.15) is 0 Å². The third kappa shape index (κ3) is 7.44. The van der Waals surface area contributed by atoms with Gasteiger partial charge in [0, 0.05) is 12.2 Å². The van der Waals surface area contributed by atoms with E-state index in [4.69, 9.17) is 18.9 Å². The van der Waals surface area contributed by atoms with Gasteiger partial charge in [-0.15, -0.1) is 0 Å². The molecule has 0 saturated carbocycles. The van der Waals surface area contributed by atoms with Gasteiger partial charge in [-0.3, -0.25) is 0 Å². The Kier molecular flexibility index (Phi) is 9.15. The number of carbonyl (C=O) groups is 2. The van der Waals surface area contributed by atoms with Crippen LogP contribution in [0.3, 0.4) is 0 Å². The van der Waals surface area contributed by atoms with Gasteiger partial charge in [-0.05, 0) is 35.4 Å². The quantitative estimate of drug-likeness (QED) is 0.474. The standard InChI is InChI=1S/C23H24O7/c1-27-20-11-8-18(14-21(20)28-2)10-12-22(25)29-16-19(15-24)30-23(26)13-9-17-6-4-3-5-7-17/h3-14,19,24H,15-16H2,1-2H3/b12-10?,13-9+. The molecule has 0 radical (unpaired) electrons. The van der Waals surface area contributed by atoms with Crippen molar-refractivity contribution in [3.8, 4) is 11.5 Å². The minimum Gasteiger partial charge on any atom is -0.493 e. The van der Waals surface area contributed by atoms with Gasteiger partial charge in [0.15, 0.2) is 17.6 Å². The van der Waals surface area contributed by atoms with Crippen molar-refractivity contribution < 1.29 is 33.6 Å². The van der Waals surface area contributed by atoms with E-state index >= 15 is 0 Å². The largest absolute Gasteiger partial charge is 0.493 e. The fourth-order valence-corrected chi connectivity index (χ4v) is 2.40. The summed E-state index contributed by atoms with van der Waals surface area (Å²) in [6.45, 7) is -0.742. The lowest BCUT2D eigenvalue weighted by Gasteiger charge is -2.13. The second kappa shape index (κ2) is 12.1. The molecule has 7 heteroatoms. The van der Waals surface area contributed by atoms with Gasteiger partial charge >= 0.3 is 11.9 Å². The van der Waals surface area contributed by atoms with Crippen LogP contribution in [0.2, 0.25) is 0 Å². The summed E-state index contributed by atoms with van der Waals surface area (Å²) in [4.78, 5) is 23.8. The van der Waals surface area contributed by atoms with E-state index in [1.165, 1.54) is 26.4 Å². The van der Waals surface area contributed by atoms with E-state index in [2.05, 4.69) is 0 Å². The number of carbonyl (C=O) groups excluding carboxylic acids is 2. The van der Waals surface area contributed by atoms with E-state index in [0.29, 0.717) is 17.1 Å². The molecule has 7 nitrogen and oxygen atoms in total. The summed E-state index contributed by atoms with van der Waals surface area (Å²) < 4.78 is 20.5. The van der Waals surface area contributed by atoms with E-state index < -0.39 is 24.6 Å². The smallest absolute Gasteiger partial charge is 0.331 e. The molecular weight excluding hydrogens is 388 g/mol. The van der Waals surface area contributed by atoms with Crippen LogP contribution in [0.1, 0.15) is 11.1 Å². The number of hydrogen-bond acceptors (Lipinski definition) is 7. The molecule has 30 heavy (non-hydrogen) atoms. The van der Waals surface area contributed by atoms with Crippen LogP contribution in [-0.2, 0) is 19.1 Å². The molecule has 0 aliphatic rings. The van der Waals surface area contributed by atoms with Crippen LogP contribution in [0.15, 0.2) is 60.7 Å². The zero-order valence-electron chi connectivity index (χ0n) is 16.8. The number of aliphatic hydroxyl groups is 1. The van der Waals surface area contributed by atoms with Crippen molar-refractivity contribution in [2.75, 3.05) is 27.4 Å². The van der Waals surface area contributed by atoms with Crippen LogP contribution < -0.4 is 9.47 Å². The van der Waals surface area contributed by atoms with E-state index in [1.807, 2.05) is 30.3 Å². The van der Waals surface area contributed by atoms with Crippen molar-refractivity contribution in [1.29, 1.82) is 0 Å². The first-order valence-electron chi connectivity index (χ1n) is 9.17. The van der Waals surface area contributed by atoms with Crippen LogP contribution in [0.4, 0.5) is 0 Å². The predicted octanol–water partition coefficient (Wildman–Crippen LogP) is 2.88. The Bertz CT molecular complexity index is 888. The molecule has 0 heterocycles. The topological polar surface area (TPSA) is 91.3 Å². The minimum absolute atomic E-state index is 0.267. The first-order valence-corrected chi connectivity index (χ1v) is 9.17. The van der Waals surface area contributed by atoms with Gasteiger partial charge in [0.1, 0.15) is 6.61 Å². The Hall–Kier alpha value is -3.58. The van der Waals surface area contributed by atoms with Gasteiger partial charge in [-0.25, -0.2) is 9.59 Å². The molecule has 0 aliphatic heterocycles. The maximum Gasteiger partial charge on any atom is 0.331 e. The Morgan fingerprint density at radius 3 is 2.23 bits per heavy atom. The lowest BCUT2D eigenvalue weighted by atomic mass is 10.2. The Balaban J connectivity index is 1.84. The zero-order valence-corrected chi connectivity index (χ0v) is 16.8. The molecule has 1 atom stereocenters. The molecule has 1 unspecified atom stereocenters. The Labute approximate surface area is 175 Å². The zero-order chi connectivity index (χ0) is 21.8. The van der Waals surface area contributed by atoms with E-state index in [9.17, 15) is 14.7 Å². The van der Waals surface area contributed by atoms with Crippen molar-refractivity contribution in [1.82, 2.24) is 0 Å². The SMILES string of the molecule is COc1ccc(C=CC(=O)OCC(CO)OC(=O)/C=C/c2ccccc2)cc1OC. The molecule has 0 aromatic heterocycles. The average molecular weight is 412 g/mol. The number of hydrogen-bond donors (Lipinski definition) is 1. The molecule has 0 bridgehead atoms. The summed E-state index contributed by atoms with van der Waals surface area (Å²) in [5, 5.41) is 9.35. The molecular formula is C23H24O7. The van der Waals surface area contributed by atoms with Crippen LogP contribution in [0.5, 0.6) is 11.5 Å². The van der Waals surface area contributed by atoms with Crippen LogP contribution in [0.25, 0.3) is 12.2 Å². The molecule has 1 N–H and O–H groups in total. The first-order chi connectivity index (χ1) is 14.5. The molecule has 2 aromatic carbocycles. The highest BCUT2D eigenvalue weighted by atomic mass is 16.6. The number of aliphatic hydroxyl groups excluding tert-OH is 1. The second-order valence-corrected chi connectivity index (χ2v) is 6.06. The second-order valence-electron chi connectivity index (χ2n) is 6.06. The Morgan fingerprint density at radius 1 is 0.900 bits per heavy atom. The van der Waals surface area contributed by atoms with Crippen molar-refractivity contribution in [2.45, 2.75) is 6.10 Å². The average Bonchev–Trinajstić information content (AvgIpc) is 2.79. The molecule has 2 rings (SSSR count). The molecule has 0 fully saturated rings. The summed E-state index contributed by atoms with van der Waals surface area (Å²) in [5.41, 5.74) is 1.54. The van der Waals surface area contributed by atoms with Gasteiger partial charge in [-0.1, -0.05) is 36.4 Å². The minimum atomic E-state index is -0.962. The van der Waals surface area contributed by atoms with E-state index in [-0.39, 0.29) is 6.61 Å². The molecule has 2 aromatic rings. The van der Waals surface area contributed by atoms with Crippen molar-refractivity contribution >= 4 is 24.1 Å². The fourth-order valence-electron chi connectivity index (χ4n) is 2.40. The normalized spacial score (nSPS) is 12.0. The van der Waals surface area contributed by atoms with Crippen LogP contribution >= 0.6 is 0 Å². The summed E-state index contributed by atoms with van der Waals surface area (Å²) in [6.07, 6.45) is 4.65. The third-order valence-corrected chi connectivity index (χ3v) is 3.93. The maximum atomic E-state index is 11.9. The summed E-state index contributed by atoms with van der Waals surface area (Å²) in [5.74, 6) is -0.177. The monoisotopic (exact) mass is 412 g/mol. The van der Waals surface area contributed by atoms with Crippen LogP contribution in [0, 0.1) is 0 Å². The number of esters is 2. The Morgan fingerprint density at radius 2 is 1.57 bits per heavy atom. The number of methoxy groups -OCH3 is 2. The number of rotatable bonds is 10.